The van der Waals surface area contributed by atoms with Gasteiger partial charge in [0.25, 0.3) is 5.91 Å². The number of rotatable bonds is 16. The number of nitrogens with zero attached hydrogens (tertiary/aromatic N) is 2. The third-order valence-corrected chi connectivity index (χ3v) is 8.44. The van der Waals surface area contributed by atoms with Crippen molar-refractivity contribution in [2.75, 3.05) is 6.54 Å². The van der Waals surface area contributed by atoms with E-state index in [4.69, 9.17) is 16.3 Å². The minimum Gasteiger partial charge on any atom is -0.478 e. The number of imidazole rings is 1. The number of aliphatic hydroxyl groups excluding tert-OH is 1. The molecule has 252 valence electrons. The van der Waals surface area contributed by atoms with Crippen LogP contribution < -0.4 is 15.4 Å². The second-order valence-electron chi connectivity index (χ2n) is 12.0. The number of nitrogens with one attached hydrogen (secondary N) is 3. The van der Waals surface area contributed by atoms with E-state index in [9.17, 15) is 19.8 Å². The van der Waals surface area contributed by atoms with Crippen molar-refractivity contribution in [1.29, 1.82) is 0 Å². The molecule has 1 amide bonds. The van der Waals surface area contributed by atoms with Gasteiger partial charge in [-0.1, -0.05) is 87.3 Å². The second-order valence-corrected chi connectivity index (χ2v) is 12.4. The summed E-state index contributed by atoms with van der Waals surface area (Å²) in [6.07, 6.45) is 1.99. The number of aromatic carboxylic acids is 1. The molecule has 2 aromatic heterocycles. The minimum atomic E-state index is -0.999. The van der Waals surface area contributed by atoms with Gasteiger partial charge in [0.2, 0.25) is 0 Å². The minimum absolute atomic E-state index is 0.116. The predicted octanol–water partition coefficient (Wildman–Crippen LogP) is 6.79. The van der Waals surface area contributed by atoms with Crippen LogP contribution in [0.5, 0.6) is 5.75 Å². The Kier molecular flexibility index (Phi) is 11.5. The molecule has 0 aliphatic carbocycles. The number of carbonyl (C=O) groups excluding carboxylic acids is 1. The van der Waals surface area contributed by atoms with Gasteiger partial charge >= 0.3 is 5.97 Å². The summed E-state index contributed by atoms with van der Waals surface area (Å²) in [5, 5.41) is 27.5. The molecule has 10 nitrogen and oxygen atoms in total. The number of amides is 1. The number of hydrogen-bond acceptors (Lipinski definition) is 6. The van der Waals surface area contributed by atoms with Gasteiger partial charge in [-0.25, -0.2) is 9.78 Å². The number of carboxylic acids is 1. The topological polar surface area (TPSA) is 142 Å². The van der Waals surface area contributed by atoms with E-state index < -0.39 is 12.3 Å². The molecule has 0 aliphatic heterocycles. The summed E-state index contributed by atoms with van der Waals surface area (Å²) in [7, 11) is 0. The van der Waals surface area contributed by atoms with Gasteiger partial charge in [-0.2, -0.15) is 0 Å². The lowest BCUT2D eigenvalue weighted by molar-refractivity contribution is -0.0215. The highest BCUT2D eigenvalue weighted by Crippen LogP contribution is 2.31. The van der Waals surface area contributed by atoms with E-state index in [0.29, 0.717) is 70.7 Å². The number of aromatic amines is 1. The van der Waals surface area contributed by atoms with Gasteiger partial charge < -0.3 is 35.1 Å². The van der Waals surface area contributed by atoms with Crippen LogP contribution in [0.1, 0.15) is 78.0 Å². The van der Waals surface area contributed by atoms with Gasteiger partial charge in [-0.05, 0) is 47.4 Å². The number of aliphatic hydroxyl groups is 1. The maximum absolute atomic E-state index is 13.5. The maximum Gasteiger partial charge on any atom is 0.336 e. The van der Waals surface area contributed by atoms with Crippen LogP contribution in [-0.4, -0.2) is 55.5 Å². The number of H-pyrrole nitrogens is 1. The molecule has 2 heterocycles. The first-order valence-electron chi connectivity index (χ1n) is 16.3. The van der Waals surface area contributed by atoms with Crippen LogP contribution in [0.2, 0.25) is 5.15 Å². The molecule has 0 fully saturated rings. The number of halogens is 1. The van der Waals surface area contributed by atoms with Crippen molar-refractivity contribution in [3.05, 3.63) is 106 Å². The maximum atomic E-state index is 13.5. The lowest BCUT2D eigenvalue weighted by Gasteiger charge is -2.17. The average molecular weight is 672 g/mol. The Morgan fingerprint density at radius 3 is 2.54 bits per heavy atom. The number of hydrogen-bond donors (Lipinski definition) is 5. The first-order valence-corrected chi connectivity index (χ1v) is 16.7. The summed E-state index contributed by atoms with van der Waals surface area (Å²) >= 11 is 6.72. The number of fused-ring (bicyclic) bond motifs is 1. The summed E-state index contributed by atoms with van der Waals surface area (Å²) in [4.78, 5) is 33.3. The first kappa shape index (κ1) is 34.7. The number of aromatic nitrogens is 3. The van der Waals surface area contributed by atoms with Crippen molar-refractivity contribution in [2.45, 2.75) is 71.9 Å². The molecule has 5 rings (SSSR count). The van der Waals surface area contributed by atoms with Crippen LogP contribution in [0, 0.1) is 0 Å². The molecule has 48 heavy (non-hydrogen) atoms. The number of carboxylic acid groups (broad SMARTS) is 1. The molecule has 5 N–H and O–H groups in total. The third-order valence-electron chi connectivity index (χ3n) is 8.14. The fourth-order valence-corrected chi connectivity index (χ4v) is 5.96. The highest BCUT2D eigenvalue weighted by atomic mass is 35.5. The Labute approximate surface area is 285 Å². The van der Waals surface area contributed by atoms with E-state index in [1.54, 1.807) is 30.3 Å². The van der Waals surface area contributed by atoms with Gasteiger partial charge in [0, 0.05) is 42.9 Å². The summed E-state index contributed by atoms with van der Waals surface area (Å²) in [5.74, 6) is -0.0657. The van der Waals surface area contributed by atoms with Crippen LogP contribution in [0.3, 0.4) is 0 Å². The zero-order valence-electron chi connectivity index (χ0n) is 27.4. The Bertz CT molecular complexity index is 1880. The quantitative estimate of drug-likeness (QED) is 0.0728. The molecule has 0 spiro atoms. The largest absolute Gasteiger partial charge is 0.478 e. The van der Waals surface area contributed by atoms with Crippen LogP contribution in [0.4, 0.5) is 0 Å². The van der Waals surface area contributed by atoms with Crippen molar-refractivity contribution in [1.82, 2.24) is 25.2 Å². The fraction of sp³-hybridized carbons (Fsp3) is 0.324. The van der Waals surface area contributed by atoms with Gasteiger partial charge in [0.1, 0.15) is 17.3 Å². The smallest absolute Gasteiger partial charge is 0.336 e. The number of benzene rings is 3. The molecule has 0 saturated heterocycles. The van der Waals surface area contributed by atoms with E-state index in [1.807, 2.05) is 60.9 Å². The molecule has 0 bridgehead atoms. The molecule has 11 heteroatoms. The molecule has 1 atom stereocenters. The molecule has 0 radical (unpaired) electrons. The Morgan fingerprint density at radius 1 is 1.04 bits per heavy atom. The van der Waals surface area contributed by atoms with Crippen LogP contribution in [-0.2, 0) is 19.5 Å². The summed E-state index contributed by atoms with van der Waals surface area (Å²) in [6, 6.07) is 22.1. The van der Waals surface area contributed by atoms with Crippen molar-refractivity contribution >= 4 is 34.4 Å². The highest BCUT2D eigenvalue weighted by molar-refractivity contribution is 6.30. The van der Waals surface area contributed by atoms with Gasteiger partial charge in [-0.3, -0.25) is 4.79 Å². The van der Waals surface area contributed by atoms with E-state index in [0.717, 1.165) is 29.8 Å². The summed E-state index contributed by atoms with van der Waals surface area (Å²) < 4.78 is 7.84. The van der Waals surface area contributed by atoms with Gasteiger partial charge in [0.15, 0.2) is 11.4 Å². The average Bonchev–Trinajstić information content (AvgIpc) is 3.64. The molecule has 0 aliphatic rings. The standard InChI is InChI=1S/C37H42ClN5O5/c1-4-5-17-33-42-35(38)31(43(33)22-24-11-6-7-12-25(24)26-13-8-9-14-27(26)37(46)47)21-40-36(45)30-20-28-29(41-30)15-10-16-32(28)48-34(44)18-19-39-23(2)3/h6-16,20,23,34,39,41,44H,4-5,17-19,21-22H2,1-3H3,(H,40,45)(H,46,47). The summed E-state index contributed by atoms with van der Waals surface area (Å²) in [5.41, 5.74) is 4.23. The molecule has 5 aromatic rings. The van der Waals surface area contributed by atoms with E-state index in [2.05, 4.69) is 27.5 Å². The van der Waals surface area contributed by atoms with Crippen molar-refractivity contribution in [2.24, 2.45) is 0 Å². The molecule has 3 aromatic carbocycles. The monoisotopic (exact) mass is 671 g/mol. The lowest BCUT2D eigenvalue weighted by Crippen LogP contribution is -2.28. The van der Waals surface area contributed by atoms with Crippen LogP contribution >= 0.6 is 11.6 Å². The molecular formula is C37H42ClN5O5. The normalized spacial score (nSPS) is 12.0. The third kappa shape index (κ3) is 8.25. The number of ether oxygens (including phenoxy) is 1. The van der Waals surface area contributed by atoms with E-state index >= 15 is 0 Å². The lowest BCUT2D eigenvalue weighted by atomic mass is 9.95. The number of unbranched alkanes of at least 4 members (excludes halogenated alkanes) is 1. The van der Waals surface area contributed by atoms with E-state index in [1.165, 1.54) is 0 Å². The molecule has 1 unspecified atom stereocenters. The SMILES string of the molecule is CCCCc1nc(Cl)c(CNC(=O)c2cc3c(OC(O)CCNC(C)C)cccc3[nH]2)n1Cc1ccccc1-c1ccccc1C(=O)O. The Morgan fingerprint density at radius 2 is 1.79 bits per heavy atom. The summed E-state index contributed by atoms with van der Waals surface area (Å²) in [6.45, 7) is 7.29. The number of carbonyl (C=O) groups is 2. The molecule has 0 saturated carbocycles. The molecular weight excluding hydrogens is 630 g/mol. The van der Waals surface area contributed by atoms with Gasteiger partial charge in [0.05, 0.1) is 17.8 Å². The Hall–Kier alpha value is -4.64. The van der Waals surface area contributed by atoms with Crippen molar-refractivity contribution < 1.29 is 24.5 Å². The second kappa shape index (κ2) is 16.0. The van der Waals surface area contributed by atoms with Crippen molar-refractivity contribution in [3.8, 4) is 16.9 Å². The van der Waals surface area contributed by atoms with Crippen molar-refractivity contribution in [3.63, 3.8) is 0 Å². The van der Waals surface area contributed by atoms with Crippen LogP contribution in [0.25, 0.3) is 22.0 Å². The fourth-order valence-electron chi connectivity index (χ4n) is 5.69. The highest BCUT2D eigenvalue weighted by Gasteiger charge is 2.21. The number of aryl methyl sites for hydroxylation is 1. The van der Waals surface area contributed by atoms with E-state index in [-0.39, 0.29) is 18.0 Å². The van der Waals surface area contributed by atoms with Gasteiger partial charge in [-0.15, -0.1) is 0 Å². The zero-order valence-corrected chi connectivity index (χ0v) is 28.2. The first-order chi connectivity index (χ1) is 23.2. The Balaban J connectivity index is 1.38. The zero-order chi connectivity index (χ0) is 34.2. The van der Waals surface area contributed by atoms with Crippen LogP contribution in [0.15, 0.2) is 72.8 Å². The predicted molar refractivity (Wildman–Crippen MR) is 188 cm³/mol.